The van der Waals surface area contributed by atoms with Gasteiger partial charge < -0.3 is 5.11 Å². The maximum absolute atomic E-state index is 13.2. The number of nitrogens with zero attached hydrogens (tertiary/aromatic N) is 2. The summed E-state index contributed by atoms with van der Waals surface area (Å²) in [5, 5.41) is 9.06. The molecule has 0 saturated carbocycles. The van der Waals surface area contributed by atoms with Gasteiger partial charge in [0.1, 0.15) is 5.82 Å². The van der Waals surface area contributed by atoms with Gasteiger partial charge in [-0.3, -0.25) is 19.5 Å². The Labute approximate surface area is 148 Å². The molecule has 1 N–H and O–H groups in total. The van der Waals surface area contributed by atoms with E-state index in [0.717, 1.165) is 22.2 Å². The highest BCUT2D eigenvalue weighted by atomic mass is 32.2. The molecule has 2 heterocycles. The van der Waals surface area contributed by atoms with Crippen LogP contribution < -0.4 is 0 Å². The molecule has 1 aliphatic rings. The van der Waals surface area contributed by atoms with Gasteiger partial charge in [0.2, 0.25) is 0 Å². The van der Waals surface area contributed by atoms with Crippen molar-refractivity contribution < 1.29 is 19.1 Å². The number of amides is 2. The standard InChI is InChI=1S/C18H15FN2O3S/c19-14-3-1-13(2-4-14)15-16(25-10-9-22)18(24)21(17(15)23)11-12-5-7-20-8-6-12/h1-8,22H,9-11H2. The first kappa shape index (κ1) is 17.3. The number of hydrogen-bond acceptors (Lipinski definition) is 5. The summed E-state index contributed by atoms with van der Waals surface area (Å²) in [6, 6.07) is 8.92. The molecule has 0 aliphatic carbocycles. The zero-order valence-electron chi connectivity index (χ0n) is 13.2. The topological polar surface area (TPSA) is 70.5 Å². The predicted octanol–water partition coefficient (Wildman–Crippen LogP) is 2.23. The number of thioether (sulfide) groups is 1. The average molecular weight is 358 g/mol. The summed E-state index contributed by atoms with van der Waals surface area (Å²) in [6.45, 7) is 0.0186. The lowest BCUT2D eigenvalue weighted by Crippen LogP contribution is -2.31. The summed E-state index contributed by atoms with van der Waals surface area (Å²) in [5.41, 5.74) is 1.51. The Morgan fingerprint density at radius 1 is 1.04 bits per heavy atom. The molecular formula is C18H15FN2O3S. The van der Waals surface area contributed by atoms with Crippen molar-refractivity contribution in [3.05, 3.63) is 70.6 Å². The molecule has 0 radical (unpaired) electrons. The van der Waals surface area contributed by atoms with Gasteiger partial charge in [0.15, 0.2) is 0 Å². The second-order valence-electron chi connectivity index (χ2n) is 5.33. The SMILES string of the molecule is O=C1C(SCCO)=C(c2ccc(F)cc2)C(=O)N1Cc1ccncc1. The Morgan fingerprint density at radius 2 is 1.72 bits per heavy atom. The molecule has 2 amide bonds. The van der Waals surface area contributed by atoms with Crippen LogP contribution in [0.3, 0.4) is 0 Å². The number of aliphatic hydroxyl groups excluding tert-OH is 1. The molecule has 0 saturated heterocycles. The van der Waals surface area contributed by atoms with Crippen LogP contribution in [-0.2, 0) is 16.1 Å². The van der Waals surface area contributed by atoms with E-state index in [1.54, 1.807) is 24.5 Å². The summed E-state index contributed by atoms with van der Waals surface area (Å²) < 4.78 is 13.2. The Kier molecular flexibility index (Phi) is 5.25. The quantitative estimate of drug-likeness (QED) is 0.802. The van der Waals surface area contributed by atoms with Crippen LogP contribution in [0.5, 0.6) is 0 Å². The maximum Gasteiger partial charge on any atom is 0.268 e. The van der Waals surface area contributed by atoms with Crippen molar-refractivity contribution in [2.24, 2.45) is 0 Å². The van der Waals surface area contributed by atoms with E-state index in [2.05, 4.69) is 4.98 Å². The van der Waals surface area contributed by atoms with Gasteiger partial charge in [-0.15, -0.1) is 11.8 Å². The normalized spacial score (nSPS) is 14.6. The fourth-order valence-corrected chi connectivity index (χ4v) is 3.40. The lowest BCUT2D eigenvalue weighted by molar-refractivity contribution is -0.137. The predicted molar refractivity (Wildman–Crippen MR) is 92.7 cm³/mol. The summed E-state index contributed by atoms with van der Waals surface area (Å²) in [5.74, 6) is -0.949. The Bertz CT molecular complexity index is 822. The van der Waals surface area contributed by atoms with Gasteiger partial charge in [0.25, 0.3) is 11.8 Å². The van der Waals surface area contributed by atoms with Crippen LogP contribution >= 0.6 is 11.8 Å². The molecule has 1 aliphatic heterocycles. The van der Waals surface area contributed by atoms with E-state index in [0.29, 0.717) is 11.3 Å². The number of carbonyl (C=O) groups excluding carboxylic acids is 2. The minimum Gasteiger partial charge on any atom is -0.396 e. The van der Waals surface area contributed by atoms with Crippen LogP contribution in [0.4, 0.5) is 4.39 Å². The fourth-order valence-electron chi connectivity index (χ4n) is 2.52. The van der Waals surface area contributed by atoms with Gasteiger partial charge >= 0.3 is 0 Å². The summed E-state index contributed by atoms with van der Waals surface area (Å²) >= 11 is 1.13. The lowest BCUT2D eigenvalue weighted by Gasteiger charge is -2.15. The number of carbonyl (C=O) groups is 2. The van der Waals surface area contributed by atoms with Gasteiger partial charge in [0, 0.05) is 18.1 Å². The first-order valence-corrected chi connectivity index (χ1v) is 8.59. The minimum atomic E-state index is -0.422. The molecule has 1 aromatic heterocycles. The van der Waals surface area contributed by atoms with Crippen molar-refractivity contribution in [1.82, 2.24) is 9.88 Å². The Morgan fingerprint density at radius 3 is 2.36 bits per heavy atom. The van der Waals surface area contributed by atoms with Gasteiger partial charge in [-0.1, -0.05) is 12.1 Å². The third-order valence-electron chi connectivity index (χ3n) is 3.69. The smallest absolute Gasteiger partial charge is 0.268 e. The number of hydrogen-bond donors (Lipinski definition) is 1. The molecule has 0 unspecified atom stereocenters. The van der Waals surface area contributed by atoms with Crippen molar-refractivity contribution in [3.63, 3.8) is 0 Å². The van der Waals surface area contributed by atoms with E-state index < -0.39 is 17.6 Å². The van der Waals surface area contributed by atoms with Gasteiger partial charge in [0.05, 0.1) is 23.6 Å². The monoisotopic (exact) mass is 358 g/mol. The van der Waals surface area contributed by atoms with E-state index in [1.807, 2.05) is 0 Å². The van der Waals surface area contributed by atoms with Gasteiger partial charge in [-0.05, 0) is 35.4 Å². The number of halogens is 1. The zero-order valence-corrected chi connectivity index (χ0v) is 14.0. The maximum atomic E-state index is 13.2. The van der Waals surface area contributed by atoms with Crippen molar-refractivity contribution in [2.45, 2.75) is 6.54 Å². The molecule has 0 atom stereocenters. The molecule has 2 aromatic rings. The van der Waals surface area contributed by atoms with Crippen molar-refractivity contribution in [3.8, 4) is 0 Å². The highest BCUT2D eigenvalue weighted by Crippen LogP contribution is 2.36. The first-order chi connectivity index (χ1) is 12.1. The van der Waals surface area contributed by atoms with Gasteiger partial charge in [-0.25, -0.2) is 4.39 Å². The number of pyridine rings is 1. The Balaban J connectivity index is 1.96. The van der Waals surface area contributed by atoms with E-state index >= 15 is 0 Å². The highest BCUT2D eigenvalue weighted by Gasteiger charge is 2.39. The largest absolute Gasteiger partial charge is 0.396 e. The second-order valence-corrected chi connectivity index (χ2v) is 6.44. The van der Waals surface area contributed by atoms with Crippen LogP contribution in [0.2, 0.25) is 0 Å². The lowest BCUT2D eigenvalue weighted by atomic mass is 10.1. The van der Waals surface area contributed by atoms with Crippen LogP contribution in [0.25, 0.3) is 5.57 Å². The van der Waals surface area contributed by atoms with E-state index in [1.165, 1.54) is 24.3 Å². The second kappa shape index (κ2) is 7.58. The number of imide groups is 1. The van der Waals surface area contributed by atoms with Crippen LogP contribution in [0.1, 0.15) is 11.1 Å². The first-order valence-electron chi connectivity index (χ1n) is 7.61. The van der Waals surface area contributed by atoms with Crippen LogP contribution in [0.15, 0.2) is 53.7 Å². The Hall–Kier alpha value is -2.51. The summed E-state index contributed by atoms with van der Waals surface area (Å²) in [6.07, 6.45) is 3.19. The van der Waals surface area contributed by atoms with E-state index in [-0.39, 0.29) is 23.6 Å². The van der Waals surface area contributed by atoms with E-state index in [4.69, 9.17) is 5.11 Å². The number of benzene rings is 1. The molecule has 0 fully saturated rings. The molecule has 5 nitrogen and oxygen atoms in total. The van der Waals surface area contributed by atoms with E-state index in [9.17, 15) is 14.0 Å². The van der Waals surface area contributed by atoms with Crippen molar-refractivity contribution >= 4 is 29.1 Å². The molecule has 1 aromatic carbocycles. The van der Waals surface area contributed by atoms with Crippen LogP contribution in [0, 0.1) is 5.82 Å². The third-order valence-corrected chi connectivity index (χ3v) is 4.74. The molecule has 7 heteroatoms. The average Bonchev–Trinajstić information content (AvgIpc) is 2.86. The van der Waals surface area contributed by atoms with Crippen molar-refractivity contribution in [1.29, 1.82) is 0 Å². The summed E-state index contributed by atoms with van der Waals surface area (Å²) in [7, 11) is 0. The number of aliphatic hydroxyl groups is 1. The van der Waals surface area contributed by atoms with Gasteiger partial charge in [-0.2, -0.15) is 0 Å². The molecule has 0 bridgehead atoms. The zero-order chi connectivity index (χ0) is 17.8. The fraction of sp³-hybridized carbons (Fsp3) is 0.167. The number of rotatable bonds is 6. The molecular weight excluding hydrogens is 343 g/mol. The molecule has 128 valence electrons. The molecule has 25 heavy (non-hydrogen) atoms. The highest BCUT2D eigenvalue weighted by molar-refractivity contribution is 8.04. The molecule has 0 spiro atoms. The molecule has 3 rings (SSSR count). The van der Waals surface area contributed by atoms with Crippen molar-refractivity contribution in [2.75, 3.05) is 12.4 Å². The third kappa shape index (κ3) is 3.62. The number of aromatic nitrogens is 1. The summed E-state index contributed by atoms with van der Waals surface area (Å²) in [4.78, 5) is 30.9. The van der Waals surface area contributed by atoms with Crippen LogP contribution in [-0.4, -0.2) is 39.2 Å². The minimum absolute atomic E-state index is 0.114.